The van der Waals surface area contributed by atoms with Crippen molar-refractivity contribution < 1.29 is 9.21 Å². The largest absolute Gasteiger partial charge is 0.451 e. The highest BCUT2D eigenvalue weighted by Gasteiger charge is 2.23. The third-order valence-electron chi connectivity index (χ3n) is 4.21. The van der Waals surface area contributed by atoms with Gasteiger partial charge < -0.3 is 9.73 Å². The minimum Gasteiger partial charge on any atom is -0.451 e. The first-order valence-electron chi connectivity index (χ1n) is 7.71. The second-order valence-electron chi connectivity index (χ2n) is 5.77. The molecule has 0 fully saturated rings. The van der Waals surface area contributed by atoms with Crippen LogP contribution in [0.15, 0.2) is 28.7 Å². The number of thiophene rings is 1. The summed E-state index contributed by atoms with van der Waals surface area (Å²) in [5.41, 5.74) is 2.30. The number of nitrogens with zero attached hydrogens (tertiary/aromatic N) is 1. The first-order valence-corrected chi connectivity index (χ1v) is 8.90. The molecule has 0 bridgehead atoms. The second-order valence-corrected chi connectivity index (χ2v) is 7.32. The Morgan fingerprint density at radius 2 is 2.12 bits per heavy atom. The Kier molecular flexibility index (Phi) is 3.79. The van der Waals surface area contributed by atoms with Crippen molar-refractivity contribution in [2.75, 3.05) is 5.32 Å². The van der Waals surface area contributed by atoms with Gasteiger partial charge in [-0.3, -0.25) is 4.79 Å². The van der Waals surface area contributed by atoms with Crippen LogP contribution in [0.5, 0.6) is 0 Å². The standard InChI is InChI=1S/C18H13ClN2O2S/c19-11-5-6-14-10(7-11)8-15(23-14)17(22)21-18-13(9-20)12-3-1-2-4-16(12)24-18/h5-8H,1-4H2,(H,21,22). The summed E-state index contributed by atoms with van der Waals surface area (Å²) < 4.78 is 5.58. The minimum atomic E-state index is -0.350. The van der Waals surface area contributed by atoms with Crippen LogP contribution in [0.2, 0.25) is 5.02 Å². The molecular formula is C18H13ClN2O2S. The number of halogens is 1. The maximum Gasteiger partial charge on any atom is 0.292 e. The van der Waals surface area contributed by atoms with Gasteiger partial charge in [0.1, 0.15) is 16.7 Å². The molecule has 1 aliphatic carbocycles. The van der Waals surface area contributed by atoms with Crippen molar-refractivity contribution >= 4 is 44.8 Å². The van der Waals surface area contributed by atoms with Crippen LogP contribution in [0.3, 0.4) is 0 Å². The van der Waals surface area contributed by atoms with Gasteiger partial charge in [-0.1, -0.05) is 11.6 Å². The number of nitriles is 1. The number of anilines is 1. The zero-order chi connectivity index (χ0) is 16.7. The van der Waals surface area contributed by atoms with Gasteiger partial charge >= 0.3 is 0 Å². The predicted molar refractivity (Wildman–Crippen MR) is 94.9 cm³/mol. The molecule has 0 atom stereocenters. The van der Waals surface area contributed by atoms with E-state index in [1.165, 1.54) is 16.2 Å². The summed E-state index contributed by atoms with van der Waals surface area (Å²) >= 11 is 7.46. The molecule has 1 aromatic carbocycles. The van der Waals surface area contributed by atoms with E-state index in [1.54, 1.807) is 24.3 Å². The van der Waals surface area contributed by atoms with Crippen LogP contribution in [0.25, 0.3) is 11.0 Å². The average molecular weight is 357 g/mol. The lowest BCUT2D eigenvalue weighted by Crippen LogP contribution is -2.10. The van der Waals surface area contributed by atoms with Crippen LogP contribution in [0.1, 0.15) is 39.4 Å². The summed E-state index contributed by atoms with van der Waals surface area (Å²) in [7, 11) is 0. The third-order valence-corrected chi connectivity index (χ3v) is 5.65. The number of aryl methyl sites for hydroxylation is 1. The number of amides is 1. The number of carbonyl (C=O) groups is 1. The first kappa shape index (κ1) is 15.3. The molecule has 4 rings (SSSR count). The van der Waals surface area contributed by atoms with Crippen LogP contribution in [0.4, 0.5) is 5.00 Å². The maximum absolute atomic E-state index is 12.5. The molecule has 1 aliphatic rings. The lowest BCUT2D eigenvalue weighted by Gasteiger charge is -2.09. The van der Waals surface area contributed by atoms with E-state index < -0.39 is 0 Å². The summed E-state index contributed by atoms with van der Waals surface area (Å²) in [5.74, 6) is -0.139. The van der Waals surface area contributed by atoms with E-state index in [0.29, 0.717) is 21.2 Å². The molecule has 0 saturated carbocycles. The quantitative estimate of drug-likeness (QED) is 0.690. The van der Waals surface area contributed by atoms with Crippen molar-refractivity contribution in [3.63, 3.8) is 0 Å². The molecule has 24 heavy (non-hydrogen) atoms. The summed E-state index contributed by atoms with van der Waals surface area (Å²) in [6.45, 7) is 0. The van der Waals surface area contributed by atoms with Gasteiger partial charge in [-0.05, 0) is 55.5 Å². The van der Waals surface area contributed by atoms with Crippen LogP contribution in [0, 0.1) is 11.3 Å². The summed E-state index contributed by atoms with van der Waals surface area (Å²) in [5, 5.41) is 14.3. The number of carbonyl (C=O) groups excluding carboxylic acids is 1. The van der Waals surface area contributed by atoms with E-state index in [1.807, 2.05) is 0 Å². The highest BCUT2D eigenvalue weighted by molar-refractivity contribution is 7.16. The van der Waals surface area contributed by atoms with Gasteiger partial charge in [0.2, 0.25) is 0 Å². The Labute approximate surface area is 147 Å². The SMILES string of the molecule is N#Cc1c(NC(=O)c2cc3cc(Cl)ccc3o2)sc2c1CCCC2. The van der Waals surface area contributed by atoms with Crippen LogP contribution < -0.4 is 5.32 Å². The zero-order valence-corrected chi connectivity index (χ0v) is 14.3. The van der Waals surface area contributed by atoms with Crippen molar-refractivity contribution in [2.24, 2.45) is 0 Å². The monoisotopic (exact) mass is 356 g/mol. The number of nitrogens with one attached hydrogen (secondary N) is 1. The number of furan rings is 1. The predicted octanol–water partition coefficient (Wildman–Crippen LogP) is 5.15. The zero-order valence-electron chi connectivity index (χ0n) is 12.7. The van der Waals surface area contributed by atoms with E-state index in [4.69, 9.17) is 16.0 Å². The van der Waals surface area contributed by atoms with Crippen LogP contribution in [-0.2, 0) is 12.8 Å². The van der Waals surface area contributed by atoms with Gasteiger partial charge in [0.25, 0.3) is 5.91 Å². The highest BCUT2D eigenvalue weighted by atomic mass is 35.5. The van der Waals surface area contributed by atoms with Crippen molar-refractivity contribution in [3.8, 4) is 6.07 Å². The van der Waals surface area contributed by atoms with Crippen molar-refractivity contribution in [3.05, 3.63) is 51.1 Å². The molecule has 2 aromatic heterocycles. The van der Waals surface area contributed by atoms with Gasteiger partial charge in [-0.2, -0.15) is 5.26 Å². The molecule has 1 amide bonds. The molecule has 4 nitrogen and oxygen atoms in total. The number of fused-ring (bicyclic) bond motifs is 2. The Morgan fingerprint density at radius 1 is 1.29 bits per heavy atom. The van der Waals surface area contributed by atoms with E-state index in [-0.39, 0.29) is 11.7 Å². The van der Waals surface area contributed by atoms with Crippen LogP contribution in [-0.4, -0.2) is 5.91 Å². The molecule has 0 radical (unpaired) electrons. The molecule has 0 unspecified atom stereocenters. The molecule has 0 spiro atoms. The summed E-state index contributed by atoms with van der Waals surface area (Å²) in [6, 6.07) is 9.11. The Hall–Kier alpha value is -2.29. The van der Waals surface area contributed by atoms with Gasteiger partial charge in [0.05, 0.1) is 5.56 Å². The number of benzene rings is 1. The van der Waals surface area contributed by atoms with E-state index in [2.05, 4.69) is 11.4 Å². The minimum absolute atomic E-state index is 0.211. The first-order chi connectivity index (χ1) is 11.7. The third kappa shape index (κ3) is 2.58. The number of rotatable bonds is 2. The molecule has 1 N–H and O–H groups in total. The lowest BCUT2D eigenvalue weighted by molar-refractivity contribution is 0.0999. The molecule has 3 aromatic rings. The Bertz CT molecular complexity index is 997. The van der Waals surface area contributed by atoms with Crippen molar-refractivity contribution in [1.29, 1.82) is 5.26 Å². The fourth-order valence-electron chi connectivity index (χ4n) is 3.06. The molecular weight excluding hydrogens is 344 g/mol. The lowest BCUT2D eigenvalue weighted by atomic mass is 9.96. The Morgan fingerprint density at radius 3 is 2.96 bits per heavy atom. The van der Waals surface area contributed by atoms with Crippen LogP contribution >= 0.6 is 22.9 Å². The highest BCUT2D eigenvalue weighted by Crippen LogP contribution is 2.38. The topological polar surface area (TPSA) is 66.0 Å². The number of hydrogen-bond acceptors (Lipinski definition) is 4. The smallest absolute Gasteiger partial charge is 0.292 e. The molecule has 6 heteroatoms. The molecule has 120 valence electrons. The summed E-state index contributed by atoms with van der Waals surface area (Å²) in [4.78, 5) is 13.7. The van der Waals surface area contributed by atoms with E-state index >= 15 is 0 Å². The molecule has 0 aliphatic heterocycles. The van der Waals surface area contributed by atoms with Crippen molar-refractivity contribution in [2.45, 2.75) is 25.7 Å². The average Bonchev–Trinajstić information content (AvgIpc) is 3.14. The molecule has 2 heterocycles. The van der Waals surface area contributed by atoms with Gasteiger partial charge in [-0.25, -0.2) is 0 Å². The maximum atomic E-state index is 12.5. The fourth-order valence-corrected chi connectivity index (χ4v) is 4.48. The van der Waals surface area contributed by atoms with Gasteiger partial charge in [0, 0.05) is 15.3 Å². The van der Waals surface area contributed by atoms with E-state index in [0.717, 1.165) is 36.6 Å². The second kappa shape index (κ2) is 5.97. The van der Waals surface area contributed by atoms with Gasteiger partial charge in [0.15, 0.2) is 5.76 Å². The molecule has 0 saturated heterocycles. The fraction of sp³-hybridized carbons (Fsp3) is 0.222. The normalized spacial score (nSPS) is 13.5. The van der Waals surface area contributed by atoms with E-state index in [9.17, 15) is 10.1 Å². The summed E-state index contributed by atoms with van der Waals surface area (Å²) in [6.07, 6.45) is 4.12. The number of hydrogen-bond donors (Lipinski definition) is 1. The Balaban J connectivity index is 1.66. The van der Waals surface area contributed by atoms with Gasteiger partial charge in [-0.15, -0.1) is 11.3 Å². The van der Waals surface area contributed by atoms with Crippen molar-refractivity contribution in [1.82, 2.24) is 0 Å².